The van der Waals surface area contributed by atoms with E-state index in [-0.39, 0.29) is 28.6 Å². The summed E-state index contributed by atoms with van der Waals surface area (Å²) in [5.41, 5.74) is 2.90. The molecule has 10 rings (SSSR count). The van der Waals surface area contributed by atoms with Crippen LogP contribution in [0.1, 0.15) is 75.3 Å². The molecule has 1 aromatic carbocycles. The summed E-state index contributed by atoms with van der Waals surface area (Å²) in [6.07, 6.45) is 12.2. The van der Waals surface area contributed by atoms with Crippen LogP contribution >= 0.6 is 0 Å². The Kier molecular flexibility index (Phi) is 3.77. The van der Waals surface area contributed by atoms with Gasteiger partial charge in [-0.1, -0.05) is 24.3 Å². The third-order valence-electron chi connectivity index (χ3n) is 12.9. The fraction of sp³-hybridized carbons (Fsp3) is 0.733. The number of fused-ring (bicyclic) bond motifs is 2. The van der Waals surface area contributed by atoms with E-state index >= 15 is 0 Å². The molecule has 6 nitrogen and oxygen atoms in total. The molecule has 1 aromatic rings. The molecule has 190 valence electrons. The summed E-state index contributed by atoms with van der Waals surface area (Å²) in [5.74, 6) is 4.28. The fourth-order valence-electron chi connectivity index (χ4n) is 12.0. The fourth-order valence-corrected chi connectivity index (χ4v) is 12.0. The van der Waals surface area contributed by atoms with Crippen LogP contribution in [0.5, 0.6) is 0 Å². The van der Waals surface area contributed by atoms with Crippen LogP contribution < -0.4 is 16.0 Å². The van der Waals surface area contributed by atoms with E-state index in [1.165, 1.54) is 56.1 Å². The number of rotatable bonds is 5. The van der Waals surface area contributed by atoms with Crippen molar-refractivity contribution < 1.29 is 9.59 Å². The zero-order valence-corrected chi connectivity index (χ0v) is 21.2. The normalized spacial score (nSPS) is 49.4. The molecule has 36 heavy (non-hydrogen) atoms. The van der Waals surface area contributed by atoms with Gasteiger partial charge >= 0.3 is 6.03 Å². The van der Waals surface area contributed by atoms with Crippen molar-refractivity contribution in [3.63, 3.8) is 0 Å². The van der Waals surface area contributed by atoms with Gasteiger partial charge in [0.05, 0.1) is 6.54 Å². The van der Waals surface area contributed by atoms with Crippen molar-refractivity contribution in [2.24, 2.45) is 35.0 Å². The lowest BCUT2D eigenvalue weighted by Gasteiger charge is -2.73. The van der Waals surface area contributed by atoms with Crippen molar-refractivity contribution in [3.05, 3.63) is 35.4 Å². The van der Waals surface area contributed by atoms with Crippen LogP contribution in [0, 0.1) is 35.0 Å². The Morgan fingerprint density at radius 1 is 0.833 bits per heavy atom. The number of hydrogen-bond acceptors (Lipinski definition) is 3. The zero-order valence-electron chi connectivity index (χ0n) is 21.2. The Labute approximate surface area is 213 Å². The number of amides is 3. The number of nitrogens with zero attached hydrogens (tertiary/aromatic N) is 1. The Hall–Kier alpha value is -2.08. The Morgan fingerprint density at radius 3 is 2.22 bits per heavy atom. The molecule has 0 saturated heterocycles. The first-order chi connectivity index (χ1) is 17.4. The monoisotopic (exact) mass is 486 g/mol. The van der Waals surface area contributed by atoms with E-state index in [4.69, 9.17) is 0 Å². The van der Waals surface area contributed by atoms with Gasteiger partial charge in [-0.2, -0.15) is 0 Å². The topological polar surface area (TPSA) is 73.5 Å². The highest BCUT2D eigenvalue weighted by molar-refractivity contribution is 5.79. The van der Waals surface area contributed by atoms with Crippen molar-refractivity contribution in [3.8, 4) is 0 Å². The number of benzene rings is 1. The highest BCUT2D eigenvalue weighted by Gasteiger charge is 2.84. The molecule has 1 heterocycles. The van der Waals surface area contributed by atoms with Gasteiger partial charge in [0, 0.05) is 29.7 Å². The minimum atomic E-state index is -0.0911. The van der Waals surface area contributed by atoms with Crippen LogP contribution in [0.4, 0.5) is 4.79 Å². The Bertz CT molecular complexity index is 1150. The number of carbonyl (C=O) groups is 2. The molecule has 9 aliphatic rings. The van der Waals surface area contributed by atoms with Crippen molar-refractivity contribution in [1.29, 1.82) is 0 Å². The second kappa shape index (κ2) is 6.48. The van der Waals surface area contributed by atoms with Crippen molar-refractivity contribution in [2.45, 2.75) is 93.9 Å². The van der Waals surface area contributed by atoms with E-state index in [9.17, 15) is 9.59 Å². The van der Waals surface area contributed by atoms with E-state index in [1.807, 2.05) is 4.90 Å². The number of nitrogens with one attached hydrogen (secondary N) is 3. The van der Waals surface area contributed by atoms with Crippen molar-refractivity contribution >= 4 is 11.9 Å². The number of urea groups is 1. The van der Waals surface area contributed by atoms with E-state index in [2.05, 4.69) is 40.2 Å². The Morgan fingerprint density at radius 2 is 1.53 bits per heavy atom. The summed E-state index contributed by atoms with van der Waals surface area (Å²) in [5, 5.41) is 11.0. The first-order valence-corrected chi connectivity index (χ1v) is 14.6. The molecule has 3 amide bonds. The lowest BCUT2D eigenvalue weighted by atomic mass is 9.35. The minimum Gasteiger partial charge on any atom is -0.333 e. The third kappa shape index (κ3) is 2.48. The second-order valence-electron chi connectivity index (χ2n) is 14.5. The van der Waals surface area contributed by atoms with Gasteiger partial charge in [-0.05, 0) is 110 Å². The van der Waals surface area contributed by atoms with Crippen LogP contribution in [-0.4, -0.2) is 40.0 Å². The lowest BCUT2D eigenvalue weighted by molar-refractivity contribution is -0.207. The minimum absolute atomic E-state index is 0.0392. The molecule has 3 N–H and O–H groups in total. The quantitative estimate of drug-likeness (QED) is 0.594. The molecule has 1 spiro atoms. The zero-order chi connectivity index (χ0) is 23.9. The Balaban J connectivity index is 0.887. The molecule has 6 bridgehead atoms. The SMILES string of the molecule is O=C(NC12CC3CC(C1)C(C3)C2)NC12CC3CC4CC(NCC(=O)N5Cc6ccccc6C5)(C1)C34C2. The van der Waals surface area contributed by atoms with Gasteiger partial charge in [-0.3, -0.25) is 4.79 Å². The lowest BCUT2D eigenvalue weighted by Crippen LogP contribution is -2.77. The summed E-state index contributed by atoms with van der Waals surface area (Å²) in [7, 11) is 0. The second-order valence-corrected chi connectivity index (χ2v) is 14.5. The van der Waals surface area contributed by atoms with Crippen LogP contribution in [0.3, 0.4) is 0 Å². The molecule has 6 heteroatoms. The average molecular weight is 487 g/mol. The molecule has 1 aliphatic heterocycles. The smallest absolute Gasteiger partial charge is 0.315 e. The molecule has 8 saturated carbocycles. The highest BCUT2D eigenvalue weighted by Crippen LogP contribution is 2.83. The first-order valence-electron chi connectivity index (χ1n) is 14.6. The maximum absolute atomic E-state index is 13.5. The van der Waals surface area contributed by atoms with Gasteiger partial charge < -0.3 is 20.9 Å². The third-order valence-corrected chi connectivity index (χ3v) is 12.9. The summed E-state index contributed by atoms with van der Waals surface area (Å²) < 4.78 is 0. The van der Waals surface area contributed by atoms with Gasteiger partial charge in [0.15, 0.2) is 0 Å². The summed E-state index contributed by atoms with van der Waals surface area (Å²) in [6.45, 7) is 1.89. The van der Waals surface area contributed by atoms with Gasteiger partial charge in [-0.15, -0.1) is 0 Å². The van der Waals surface area contributed by atoms with E-state index in [1.54, 1.807) is 0 Å². The van der Waals surface area contributed by atoms with E-state index in [0.29, 0.717) is 17.9 Å². The number of hydrogen-bond donors (Lipinski definition) is 3. The van der Waals surface area contributed by atoms with Crippen LogP contribution in [0.2, 0.25) is 0 Å². The summed E-state index contributed by atoms with van der Waals surface area (Å²) in [6, 6.07) is 8.50. The molecule has 0 aromatic heterocycles. The first kappa shape index (κ1) is 20.9. The van der Waals surface area contributed by atoms with Crippen molar-refractivity contribution in [1.82, 2.24) is 20.9 Å². The summed E-state index contributed by atoms with van der Waals surface area (Å²) >= 11 is 0. The van der Waals surface area contributed by atoms with Gasteiger partial charge in [0.2, 0.25) is 5.91 Å². The molecular formula is C30H38N4O2. The van der Waals surface area contributed by atoms with Crippen molar-refractivity contribution in [2.75, 3.05) is 6.54 Å². The molecule has 7 unspecified atom stereocenters. The van der Waals surface area contributed by atoms with E-state index < -0.39 is 0 Å². The molecule has 8 aliphatic carbocycles. The maximum atomic E-state index is 13.5. The highest BCUT2D eigenvalue weighted by atomic mass is 16.2. The van der Waals surface area contributed by atoms with Crippen LogP contribution in [-0.2, 0) is 17.9 Å². The molecule has 0 radical (unpaired) electrons. The predicted octanol–water partition coefficient (Wildman–Crippen LogP) is 3.70. The summed E-state index contributed by atoms with van der Waals surface area (Å²) in [4.78, 5) is 28.7. The van der Waals surface area contributed by atoms with E-state index in [0.717, 1.165) is 56.0 Å². The standard InChI is InChI=1S/C30H38N4O2/c35-25(34-14-19-3-1-2-4-20(19)15-34)13-31-29-12-24-7-23-11-28(16-29,17-30(23,24)29)33-26(36)32-27-8-18-5-21(9-27)22(6-18)10-27/h1-4,18,21-24,31H,5-17H2,(H2,32,33,36). The maximum Gasteiger partial charge on any atom is 0.315 e. The largest absolute Gasteiger partial charge is 0.333 e. The number of carbonyl (C=O) groups excluding carboxylic acids is 2. The van der Waals surface area contributed by atoms with Gasteiger partial charge in [-0.25, -0.2) is 4.79 Å². The van der Waals surface area contributed by atoms with Gasteiger partial charge in [0.1, 0.15) is 0 Å². The average Bonchev–Trinajstić information content (AvgIpc) is 3.57. The van der Waals surface area contributed by atoms with Gasteiger partial charge in [0.25, 0.3) is 0 Å². The predicted molar refractivity (Wildman–Crippen MR) is 135 cm³/mol. The molecule has 8 fully saturated rings. The molecule has 7 atom stereocenters. The van der Waals surface area contributed by atoms with Crippen LogP contribution in [0.15, 0.2) is 24.3 Å². The molecular weight excluding hydrogens is 448 g/mol. The van der Waals surface area contributed by atoms with Crippen LogP contribution in [0.25, 0.3) is 0 Å².